The van der Waals surface area contributed by atoms with Crippen LogP contribution in [0.2, 0.25) is 5.02 Å². The summed E-state index contributed by atoms with van der Waals surface area (Å²) < 4.78 is 13.1. The number of benzene rings is 3. The molecule has 1 heterocycles. The quantitative estimate of drug-likeness (QED) is 0.623. The molecular weight excluding hydrogens is 395 g/mol. The van der Waals surface area contributed by atoms with Crippen molar-refractivity contribution >= 4 is 45.8 Å². The van der Waals surface area contributed by atoms with E-state index >= 15 is 0 Å². The number of nitrogens with zero attached hydrogens (tertiary/aromatic N) is 1. The van der Waals surface area contributed by atoms with Gasteiger partial charge < -0.3 is 5.32 Å². The van der Waals surface area contributed by atoms with Crippen LogP contribution in [0.25, 0.3) is 10.8 Å². The Morgan fingerprint density at radius 2 is 1.66 bits per heavy atom. The van der Waals surface area contributed by atoms with Gasteiger partial charge in [0.25, 0.3) is 11.8 Å². The predicted octanol–water partition coefficient (Wildman–Crippen LogP) is 4.65. The van der Waals surface area contributed by atoms with E-state index in [1.807, 2.05) is 12.1 Å². The van der Waals surface area contributed by atoms with Crippen molar-refractivity contribution in [2.24, 2.45) is 0 Å². The van der Waals surface area contributed by atoms with Crippen LogP contribution in [0, 0.1) is 5.82 Å². The minimum Gasteiger partial charge on any atom is -0.325 e. The molecule has 1 aliphatic heterocycles. The Bertz CT molecular complexity index is 1110. The first-order valence-corrected chi connectivity index (χ1v) is 9.46. The number of rotatable bonds is 5. The molecule has 0 unspecified atom stereocenters. The molecule has 3 aromatic rings. The summed E-state index contributed by atoms with van der Waals surface area (Å²) in [4.78, 5) is 38.9. The zero-order chi connectivity index (χ0) is 20.5. The first kappa shape index (κ1) is 19.1. The molecule has 0 atom stereocenters. The van der Waals surface area contributed by atoms with Gasteiger partial charge in [0.2, 0.25) is 5.91 Å². The minimum absolute atomic E-state index is 0.0800. The van der Waals surface area contributed by atoms with Gasteiger partial charge in [0.1, 0.15) is 5.82 Å². The standard InChI is InChI=1S/C22H16ClFN2O3/c23-17-12-14(24)9-10-18(17)25-19(27)8-3-11-26-21(28)15-6-1-4-13-5-2-7-16(20(13)15)22(26)29/h1-2,4-7,9-10,12H,3,8,11H2,(H,25,27). The van der Waals surface area contributed by atoms with Crippen molar-refractivity contribution in [1.82, 2.24) is 4.90 Å². The highest BCUT2D eigenvalue weighted by molar-refractivity contribution is 6.33. The van der Waals surface area contributed by atoms with Crippen LogP contribution in [0.4, 0.5) is 10.1 Å². The molecule has 1 N–H and O–H groups in total. The maximum absolute atomic E-state index is 13.1. The molecular formula is C22H16ClFN2O3. The lowest BCUT2D eigenvalue weighted by Gasteiger charge is -2.27. The topological polar surface area (TPSA) is 66.5 Å². The minimum atomic E-state index is -0.495. The number of hydrogen-bond donors (Lipinski definition) is 1. The summed E-state index contributed by atoms with van der Waals surface area (Å²) in [7, 11) is 0. The van der Waals surface area contributed by atoms with Crippen LogP contribution in [0.1, 0.15) is 33.6 Å². The van der Waals surface area contributed by atoms with E-state index < -0.39 is 5.82 Å². The molecule has 1 aliphatic rings. The van der Waals surface area contributed by atoms with Crippen molar-refractivity contribution < 1.29 is 18.8 Å². The molecule has 7 heteroatoms. The number of nitrogens with one attached hydrogen (secondary N) is 1. The summed E-state index contributed by atoms with van der Waals surface area (Å²) in [6, 6.07) is 14.4. The SMILES string of the molecule is O=C(CCCN1C(=O)c2cccc3cccc(c23)C1=O)Nc1ccc(F)cc1Cl. The van der Waals surface area contributed by atoms with Gasteiger partial charge in [-0.05, 0) is 42.1 Å². The highest BCUT2D eigenvalue weighted by atomic mass is 35.5. The summed E-state index contributed by atoms with van der Waals surface area (Å²) in [5.41, 5.74) is 1.28. The average molecular weight is 411 g/mol. The van der Waals surface area contributed by atoms with E-state index in [1.165, 1.54) is 17.0 Å². The molecule has 0 saturated carbocycles. The number of anilines is 1. The van der Waals surface area contributed by atoms with E-state index in [9.17, 15) is 18.8 Å². The smallest absolute Gasteiger partial charge is 0.261 e. The maximum atomic E-state index is 13.1. The van der Waals surface area contributed by atoms with Crippen molar-refractivity contribution in [3.8, 4) is 0 Å². The molecule has 0 fully saturated rings. The van der Waals surface area contributed by atoms with Gasteiger partial charge in [-0.1, -0.05) is 35.9 Å². The molecule has 0 aromatic heterocycles. The van der Waals surface area contributed by atoms with Crippen LogP contribution >= 0.6 is 11.6 Å². The Kier molecular flexibility index (Phi) is 5.03. The van der Waals surface area contributed by atoms with Gasteiger partial charge >= 0.3 is 0 Å². The molecule has 146 valence electrons. The number of imide groups is 1. The van der Waals surface area contributed by atoms with Gasteiger partial charge in [-0.3, -0.25) is 19.3 Å². The Balaban J connectivity index is 1.43. The first-order chi connectivity index (χ1) is 14.0. The van der Waals surface area contributed by atoms with Crippen LogP contribution in [-0.4, -0.2) is 29.2 Å². The molecule has 0 aliphatic carbocycles. The molecule has 3 amide bonds. The van der Waals surface area contributed by atoms with Crippen LogP contribution in [0.3, 0.4) is 0 Å². The Labute approximate surface area is 171 Å². The van der Waals surface area contributed by atoms with Gasteiger partial charge in [0, 0.05) is 29.5 Å². The van der Waals surface area contributed by atoms with Crippen molar-refractivity contribution in [2.45, 2.75) is 12.8 Å². The summed E-state index contributed by atoms with van der Waals surface area (Å²) >= 11 is 5.90. The summed E-state index contributed by atoms with van der Waals surface area (Å²) in [5, 5.41) is 4.22. The monoisotopic (exact) mass is 410 g/mol. The average Bonchev–Trinajstić information content (AvgIpc) is 2.70. The van der Waals surface area contributed by atoms with E-state index in [0.29, 0.717) is 28.6 Å². The third-order valence-electron chi connectivity index (χ3n) is 4.85. The second kappa shape index (κ2) is 7.64. The predicted molar refractivity (Wildman–Crippen MR) is 109 cm³/mol. The number of carbonyl (C=O) groups excluding carboxylic acids is 3. The lowest BCUT2D eigenvalue weighted by atomic mass is 9.94. The van der Waals surface area contributed by atoms with E-state index in [1.54, 1.807) is 24.3 Å². The zero-order valence-electron chi connectivity index (χ0n) is 15.2. The summed E-state index contributed by atoms with van der Waals surface area (Å²) in [6.07, 6.45) is 0.372. The number of amides is 3. The van der Waals surface area contributed by atoms with Gasteiger partial charge in [-0.15, -0.1) is 0 Å². The lowest BCUT2D eigenvalue weighted by Crippen LogP contribution is -2.41. The van der Waals surface area contributed by atoms with E-state index in [0.717, 1.165) is 11.5 Å². The number of carbonyl (C=O) groups is 3. The largest absolute Gasteiger partial charge is 0.325 e. The number of hydrogen-bond acceptors (Lipinski definition) is 3. The highest BCUT2D eigenvalue weighted by Crippen LogP contribution is 2.30. The van der Waals surface area contributed by atoms with E-state index in [2.05, 4.69) is 5.32 Å². The molecule has 3 aromatic carbocycles. The van der Waals surface area contributed by atoms with Crippen molar-refractivity contribution in [2.75, 3.05) is 11.9 Å². The van der Waals surface area contributed by atoms with Crippen LogP contribution in [-0.2, 0) is 4.79 Å². The molecule has 29 heavy (non-hydrogen) atoms. The highest BCUT2D eigenvalue weighted by Gasteiger charge is 2.32. The van der Waals surface area contributed by atoms with Crippen LogP contribution in [0.5, 0.6) is 0 Å². The third kappa shape index (κ3) is 3.59. The van der Waals surface area contributed by atoms with Gasteiger partial charge in [0.15, 0.2) is 0 Å². The van der Waals surface area contributed by atoms with Crippen molar-refractivity contribution in [1.29, 1.82) is 0 Å². The Morgan fingerprint density at radius 1 is 1.00 bits per heavy atom. The molecule has 5 nitrogen and oxygen atoms in total. The van der Waals surface area contributed by atoms with Crippen molar-refractivity contribution in [3.05, 3.63) is 76.6 Å². The first-order valence-electron chi connectivity index (χ1n) is 9.08. The van der Waals surface area contributed by atoms with Crippen LogP contribution in [0.15, 0.2) is 54.6 Å². The molecule has 0 radical (unpaired) electrons. The normalized spacial score (nSPS) is 13.1. The maximum Gasteiger partial charge on any atom is 0.261 e. The van der Waals surface area contributed by atoms with Gasteiger partial charge in [-0.2, -0.15) is 0 Å². The number of halogens is 2. The molecule has 0 bridgehead atoms. The zero-order valence-corrected chi connectivity index (χ0v) is 16.0. The fraction of sp³-hybridized carbons (Fsp3) is 0.136. The molecule has 4 rings (SSSR count). The molecule has 0 spiro atoms. The van der Waals surface area contributed by atoms with Gasteiger partial charge in [0.05, 0.1) is 10.7 Å². The summed E-state index contributed by atoms with van der Waals surface area (Å²) in [6.45, 7) is 0.118. The summed E-state index contributed by atoms with van der Waals surface area (Å²) in [5.74, 6) is -1.55. The second-order valence-electron chi connectivity index (χ2n) is 6.75. The van der Waals surface area contributed by atoms with E-state index in [-0.39, 0.29) is 35.7 Å². The second-order valence-corrected chi connectivity index (χ2v) is 7.15. The lowest BCUT2D eigenvalue weighted by molar-refractivity contribution is -0.116. The fourth-order valence-corrected chi connectivity index (χ4v) is 3.70. The Morgan fingerprint density at radius 3 is 2.28 bits per heavy atom. The van der Waals surface area contributed by atoms with Crippen molar-refractivity contribution in [3.63, 3.8) is 0 Å². The van der Waals surface area contributed by atoms with Crippen LogP contribution < -0.4 is 5.32 Å². The third-order valence-corrected chi connectivity index (χ3v) is 5.16. The molecule has 0 saturated heterocycles. The fourth-order valence-electron chi connectivity index (χ4n) is 3.48. The van der Waals surface area contributed by atoms with E-state index in [4.69, 9.17) is 11.6 Å². The van der Waals surface area contributed by atoms with Gasteiger partial charge in [-0.25, -0.2) is 4.39 Å². The Hall–Kier alpha value is -3.25.